The fraction of sp³-hybridized carbons (Fsp3) is 0.200. The normalized spacial score (nSPS) is 13.0. The van der Waals surface area contributed by atoms with Gasteiger partial charge in [-0.15, -0.1) is 0 Å². The van der Waals surface area contributed by atoms with Crippen LogP contribution in [0.15, 0.2) is 42.5 Å². The van der Waals surface area contributed by atoms with Gasteiger partial charge in [-0.3, -0.25) is 0 Å². The van der Waals surface area contributed by atoms with Crippen molar-refractivity contribution in [1.82, 2.24) is 0 Å². The van der Waals surface area contributed by atoms with E-state index in [9.17, 15) is 17.6 Å². The lowest BCUT2D eigenvalue weighted by Gasteiger charge is -2.17. The Labute approximate surface area is 119 Å². The minimum absolute atomic E-state index is 0.0207. The van der Waals surface area contributed by atoms with Crippen molar-refractivity contribution in [3.05, 3.63) is 59.4 Å². The monoisotopic (exact) mass is 298 g/mol. The van der Waals surface area contributed by atoms with Gasteiger partial charge in [-0.2, -0.15) is 13.2 Å². The zero-order valence-corrected chi connectivity index (χ0v) is 11.2. The zero-order chi connectivity index (χ0) is 15.6. The zero-order valence-electron chi connectivity index (χ0n) is 11.2. The van der Waals surface area contributed by atoms with Crippen LogP contribution in [0.5, 0.6) is 0 Å². The first-order valence-electron chi connectivity index (χ1n) is 6.26. The van der Waals surface area contributed by atoms with Crippen molar-refractivity contribution in [2.24, 2.45) is 0 Å². The predicted octanol–water partition coefficient (Wildman–Crippen LogP) is 4.60. The molecule has 0 bridgehead atoms. The summed E-state index contributed by atoms with van der Waals surface area (Å²) in [6.45, 7) is 1.78. The van der Waals surface area contributed by atoms with Gasteiger partial charge in [0.25, 0.3) is 0 Å². The number of nitrogen functional groups attached to an aromatic ring is 1. The lowest BCUT2D eigenvalue weighted by molar-refractivity contribution is -0.137. The van der Waals surface area contributed by atoms with Gasteiger partial charge in [0.15, 0.2) is 0 Å². The van der Waals surface area contributed by atoms with E-state index in [1.807, 2.05) is 0 Å². The van der Waals surface area contributed by atoms with Gasteiger partial charge in [-0.1, -0.05) is 12.1 Å². The van der Waals surface area contributed by atoms with Crippen molar-refractivity contribution in [3.8, 4) is 0 Å². The second kappa shape index (κ2) is 5.63. The molecule has 2 nitrogen and oxygen atoms in total. The predicted molar refractivity (Wildman–Crippen MR) is 74.3 cm³/mol. The van der Waals surface area contributed by atoms with Gasteiger partial charge in [-0.05, 0) is 42.8 Å². The van der Waals surface area contributed by atoms with E-state index in [0.29, 0.717) is 11.8 Å². The Morgan fingerprint density at radius 3 is 2.19 bits per heavy atom. The third kappa shape index (κ3) is 3.65. The molecule has 0 aliphatic carbocycles. The van der Waals surface area contributed by atoms with Gasteiger partial charge in [-0.25, -0.2) is 4.39 Å². The van der Waals surface area contributed by atoms with E-state index in [0.717, 1.165) is 17.7 Å². The van der Waals surface area contributed by atoms with Crippen molar-refractivity contribution in [3.63, 3.8) is 0 Å². The van der Waals surface area contributed by atoms with Gasteiger partial charge in [0, 0.05) is 11.7 Å². The van der Waals surface area contributed by atoms with Crippen molar-refractivity contribution >= 4 is 11.4 Å². The number of rotatable bonds is 3. The smallest absolute Gasteiger partial charge is 0.399 e. The maximum absolute atomic E-state index is 13.7. The second-order valence-corrected chi connectivity index (χ2v) is 4.73. The van der Waals surface area contributed by atoms with E-state index < -0.39 is 17.6 Å². The van der Waals surface area contributed by atoms with Crippen molar-refractivity contribution in [2.45, 2.75) is 19.1 Å². The summed E-state index contributed by atoms with van der Waals surface area (Å²) in [6, 6.07) is 9.11. The molecular formula is C15H14F4N2. The van der Waals surface area contributed by atoms with E-state index in [2.05, 4.69) is 5.32 Å². The number of hydrogen-bond acceptors (Lipinski definition) is 2. The molecule has 3 N–H and O–H groups in total. The van der Waals surface area contributed by atoms with Gasteiger partial charge in [0.1, 0.15) is 5.82 Å². The van der Waals surface area contributed by atoms with Crippen LogP contribution in [0.3, 0.4) is 0 Å². The van der Waals surface area contributed by atoms with E-state index in [-0.39, 0.29) is 11.7 Å². The summed E-state index contributed by atoms with van der Waals surface area (Å²) in [5.41, 5.74) is 6.04. The first kappa shape index (κ1) is 15.2. The maximum atomic E-state index is 13.7. The number of nitrogens with two attached hydrogens (primary N) is 1. The second-order valence-electron chi connectivity index (χ2n) is 4.73. The Balaban J connectivity index is 2.18. The molecule has 0 aromatic heterocycles. The molecule has 0 fully saturated rings. The minimum Gasteiger partial charge on any atom is -0.399 e. The molecule has 0 aliphatic heterocycles. The first-order chi connectivity index (χ1) is 9.77. The van der Waals surface area contributed by atoms with E-state index in [4.69, 9.17) is 5.73 Å². The van der Waals surface area contributed by atoms with Crippen LogP contribution in [0, 0.1) is 5.82 Å². The van der Waals surface area contributed by atoms with Crippen LogP contribution < -0.4 is 11.1 Å². The number of anilines is 2. The molecule has 2 aromatic rings. The lowest BCUT2D eigenvalue weighted by Crippen LogP contribution is -2.10. The summed E-state index contributed by atoms with van der Waals surface area (Å²) in [4.78, 5) is 0. The highest BCUT2D eigenvalue weighted by Gasteiger charge is 2.31. The molecule has 2 aromatic carbocycles. The topological polar surface area (TPSA) is 38.0 Å². The highest BCUT2D eigenvalue weighted by atomic mass is 19.4. The molecule has 1 atom stereocenters. The van der Waals surface area contributed by atoms with E-state index >= 15 is 0 Å². The fourth-order valence-corrected chi connectivity index (χ4v) is 1.91. The van der Waals surface area contributed by atoms with Crippen LogP contribution in [0.4, 0.5) is 28.9 Å². The molecule has 0 spiro atoms. The Kier molecular flexibility index (Phi) is 4.06. The van der Waals surface area contributed by atoms with Gasteiger partial charge >= 0.3 is 6.18 Å². The van der Waals surface area contributed by atoms with Crippen LogP contribution in [0.25, 0.3) is 0 Å². The lowest BCUT2D eigenvalue weighted by atomic mass is 10.1. The molecule has 0 saturated carbocycles. The quantitative estimate of drug-likeness (QED) is 0.642. The summed E-state index contributed by atoms with van der Waals surface area (Å²) in [7, 11) is 0. The molecule has 0 aliphatic rings. The van der Waals surface area contributed by atoms with Crippen molar-refractivity contribution < 1.29 is 17.6 Å². The third-order valence-electron chi connectivity index (χ3n) is 3.10. The number of hydrogen-bond donors (Lipinski definition) is 2. The molecule has 6 heteroatoms. The van der Waals surface area contributed by atoms with Gasteiger partial charge in [0.05, 0.1) is 11.3 Å². The number of benzene rings is 2. The fourth-order valence-electron chi connectivity index (χ4n) is 1.91. The molecule has 0 heterocycles. The average Bonchev–Trinajstić information content (AvgIpc) is 2.40. The number of alkyl halides is 3. The molecule has 21 heavy (non-hydrogen) atoms. The molecule has 0 saturated heterocycles. The third-order valence-corrected chi connectivity index (χ3v) is 3.10. The summed E-state index contributed by atoms with van der Waals surface area (Å²) in [5, 5.41) is 2.84. The Bertz CT molecular complexity index is 621. The van der Waals surface area contributed by atoms with E-state index in [1.165, 1.54) is 0 Å². The molecule has 2 rings (SSSR count). The Hall–Kier alpha value is -2.24. The summed E-state index contributed by atoms with van der Waals surface area (Å²) < 4.78 is 51.1. The van der Waals surface area contributed by atoms with Gasteiger partial charge < -0.3 is 11.1 Å². The SMILES string of the molecule is CC(Nc1ccc(C(F)(F)F)cc1F)c1ccc(N)cc1. The van der Waals surface area contributed by atoms with E-state index in [1.54, 1.807) is 31.2 Å². The summed E-state index contributed by atoms with van der Waals surface area (Å²) in [6.07, 6.45) is -4.55. The van der Waals surface area contributed by atoms with Crippen LogP contribution >= 0.6 is 0 Å². The van der Waals surface area contributed by atoms with Crippen LogP contribution in [0.2, 0.25) is 0 Å². The Morgan fingerprint density at radius 1 is 1.05 bits per heavy atom. The van der Waals surface area contributed by atoms with Gasteiger partial charge in [0.2, 0.25) is 0 Å². The van der Waals surface area contributed by atoms with Crippen LogP contribution in [-0.4, -0.2) is 0 Å². The minimum atomic E-state index is -4.55. The first-order valence-corrected chi connectivity index (χ1v) is 6.26. The number of nitrogens with one attached hydrogen (secondary N) is 1. The summed E-state index contributed by atoms with van der Waals surface area (Å²) >= 11 is 0. The molecule has 0 radical (unpaired) electrons. The highest BCUT2D eigenvalue weighted by molar-refractivity contribution is 5.49. The standard InChI is InChI=1S/C15H14F4N2/c1-9(10-2-5-12(20)6-3-10)21-14-7-4-11(8-13(14)16)15(17,18)19/h2-9,21H,20H2,1H3. The van der Waals surface area contributed by atoms with Crippen molar-refractivity contribution in [2.75, 3.05) is 11.1 Å². The maximum Gasteiger partial charge on any atom is 0.416 e. The Morgan fingerprint density at radius 2 is 1.67 bits per heavy atom. The summed E-state index contributed by atoms with van der Waals surface area (Å²) in [5.74, 6) is -0.938. The largest absolute Gasteiger partial charge is 0.416 e. The van der Waals surface area contributed by atoms with Crippen LogP contribution in [0.1, 0.15) is 24.1 Å². The molecule has 1 unspecified atom stereocenters. The number of halogens is 4. The molecular weight excluding hydrogens is 284 g/mol. The molecule has 112 valence electrons. The van der Waals surface area contributed by atoms with Crippen LogP contribution in [-0.2, 0) is 6.18 Å². The molecule has 0 amide bonds. The highest BCUT2D eigenvalue weighted by Crippen LogP contribution is 2.32. The average molecular weight is 298 g/mol. The van der Waals surface area contributed by atoms with Crippen molar-refractivity contribution in [1.29, 1.82) is 0 Å².